The van der Waals surface area contributed by atoms with Crippen molar-refractivity contribution in [3.8, 4) is 0 Å². The van der Waals surface area contributed by atoms with E-state index in [0.717, 1.165) is 55.1 Å². The molecule has 1 aromatic heterocycles. The average Bonchev–Trinajstić information content (AvgIpc) is 3.05. The van der Waals surface area contributed by atoms with Gasteiger partial charge in [0.15, 0.2) is 0 Å². The van der Waals surface area contributed by atoms with Crippen LogP contribution in [0.5, 0.6) is 0 Å². The molecule has 6 nitrogen and oxygen atoms in total. The topological polar surface area (TPSA) is 75.2 Å². The molecule has 7 heteroatoms. The number of benzene rings is 1. The maximum absolute atomic E-state index is 12.4. The fourth-order valence-electron chi connectivity index (χ4n) is 2.77. The molecule has 0 aliphatic carbocycles. The Morgan fingerprint density at radius 1 is 1.29 bits per heavy atom. The van der Waals surface area contributed by atoms with Crippen molar-refractivity contribution < 1.29 is 9.59 Å². The Hall–Kier alpha value is -2.28. The number of amides is 2. The zero-order valence-electron chi connectivity index (χ0n) is 13.6. The predicted octanol–water partition coefficient (Wildman–Crippen LogP) is 3.26. The van der Waals surface area contributed by atoms with Crippen LogP contribution in [0, 0.1) is 0 Å². The first kappa shape index (κ1) is 16.6. The molecule has 1 aliphatic heterocycles. The predicted molar refractivity (Wildman–Crippen MR) is 94.5 cm³/mol. The smallest absolute Gasteiger partial charge is 0.269 e. The molecule has 2 aromatic rings. The Balaban J connectivity index is 1.68. The van der Waals surface area contributed by atoms with E-state index in [1.807, 2.05) is 36.1 Å². The highest BCUT2D eigenvalue weighted by molar-refractivity contribution is 7.08. The lowest BCUT2D eigenvalue weighted by atomic mass is 10.1. The second kappa shape index (κ2) is 7.53. The standard InChI is InChI=1S/C17H20N4O2S/c1-2-5-14-16(24-20-19-14)17(23)18-12-7-9-13(10-8-12)21-11-4-3-6-15(21)22/h7-10H,2-6,11H2,1H3,(H,18,23). The van der Waals surface area contributed by atoms with E-state index >= 15 is 0 Å². The summed E-state index contributed by atoms with van der Waals surface area (Å²) in [4.78, 5) is 26.7. The van der Waals surface area contributed by atoms with E-state index in [4.69, 9.17) is 0 Å². The molecule has 3 rings (SSSR count). The molecule has 1 aromatic carbocycles. The average molecular weight is 344 g/mol. The van der Waals surface area contributed by atoms with Gasteiger partial charge >= 0.3 is 0 Å². The van der Waals surface area contributed by atoms with E-state index in [9.17, 15) is 9.59 Å². The molecule has 1 N–H and O–H groups in total. The quantitative estimate of drug-likeness (QED) is 0.903. The molecule has 0 unspecified atom stereocenters. The zero-order valence-corrected chi connectivity index (χ0v) is 14.4. The number of carbonyl (C=O) groups is 2. The SMILES string of the molecule is CCCc1nnsc1C(=O)Nc1ccc(N2CCCCC2=O)cc1. The lowest BCUT2D eigenvalue weighted by Gasteiger charge is -2.26. The number of hydrogen-bond donors (Lipinski definition) is 1. The van der Waals surface area contributed by atoms with Gasteiger partial charge in [-0.15, -0.1) is 5.10 Å². The number of nitrogens with one attached hydrogen (secondary N) is 1. The fraction of sp³-hybridized carbons (Fsp3) is 0.412. The molecule has 2 amide bonds. The molecule has 0 bridgehead atoms. The summed E-state index contributed by atoms with van der Waals surface area (Å²) >= 11 is 1.12. The van der Waals surface area contributed by atoms with Crippen molar-refractivity contribution in [2.45, 2.75) is 39.0 Å². The van der Waals surface area contributed by atoms with Crippen molar-refractivity contribution in [3.05, 3.63) is 34.8 Å². The molecule has 1 aliphatic rings. The lowest BCUT2D eigenvalue weighted by molar-refractivity contribution is -0.119. The summed E-state index contributed by atoms with van der Waals surface area (Å²) < 4.78 is 3.87. The zero-order chi connectivity index (χ0) is 16.9. The minimum atomic E-state index is -0.185. The third-order valence-corrected chi connectivity index (χ3v) is 4.78. The Labute approximate surface area is 145 Å². The van der Waals surface area contributed by atoms with Crippen LogP contribution in [0.3, 0.4) is 0 Å². The van der Waals surface area contributed by atoms with Crippen molar-refractivity contribution >= 4 is 34.7 Å². The summed E-state index contributed by atoms with van der Waals surface area (Å²) in [6.07, 6.45) is 4.27. The van der Waals surface area contributed by atoms with Gasteiger partial charge in [-0.25, -0.2) is 0 Å². The number of rotatable bonds is 5. The van der Waals surface area contributed by atoms with Gasteiger partial charge in [0.05, 0.1) is 5.69 Å². The second-order valence-electron chi connectivity index (χ2n) is 5.80. The van der Waals surface area contributed by atoms with E-state index in [-0.39, 0.29) is 11.8 Å². The number of aromatic nitrogens is 2. The first-order valence-corrected chi connectivity index (χ1v) is 8.99. The number of hydrogen-bond acceptors (Lipinski definition) is 5. The molecular formula is C17H20N4O2S. The minimum Gasteiger partial charge on any atom is -0.321 e. The highest BCUT2D eigenvalue weighted by Crippen LogP contribution is 2.23. The van der Waals surface area contributed by atoms with Crippen LogP contribution in [0.1, 0.15) is 48.0 Å². The van der Waals surface area contributed by atoms with Crippen LogP contribution in [0.15, 0.2) is 24.3 Å². The van der Waals surface area contributed by atoms with E-state index < -0.39 is 0 Å². The lowest BCUT2D eigenvalue weighted by Crippen LogP contribution is -2.35. The van der Waals surface area contributed by atoms with Crippen molar-refractivity contribution in [1.29, 1.82) is 0 Å². The summed E-state index contributed by atoms with van der Waals surface area (Å²) in [6.45, 7) is 2.80. The van der Waals surface area contributed by atoms with Crippen LogP contribution in [-0.2, 0) is 11.2 Å². The Kier molecular flexibility index (Phi) is 5.20. The van der Waals surface area contributed by atoms with Crippen LogP contribution in [0.2, 0.25) is 0 Å². The summed E-state index contributed by atoms with van der Waals surface area (Å²) in [5.74, 6) is -0.0202. The van der Waals surface area contributed by atoms with Crippen molar-refractivity contribution in [2.75, 3.05) is 16.8 Å². The highest BCUT2D eigenvalue weighted by Gasteiger charge is 2.20. The van der Waals surface area contributed by atoms with Crippen molar-refractivity contribution in [1.82, 2.24) is 9.59 Å². The van der Waals surface area contributed by atoms with Gasteiger partial charge in [0.2, 0.25) is 5.91 Å². The molecule has 0 atom stereocenters. The first-order chi connectivity index (χ1) is 11.7. The molecule has 24 heavy (non-hydrogen) atoms. The fourth-order valence-corrected chi connectivity index (χ4v) is 3.38. The summed E-state index contributed by atoms with van der Waals surface area (Å²) in [5, 5.41) is 6.89. The third-order valence-electron chi connectivity index (χ3n) is 4.01. The van der Waals surface area contributed by atoms with Crippen LogP contribution in [0.4, 0.5) is 11.4 Å². The number of piperidine rings is 1. The van der Waals surface area contributed by atoms with Gasteiger partial charge in [-0.3, -0.25) is 9.59 Å². The van der Waals surface area contributed by atoms with Gasteiger partial charge < -0.3 is 10.2 Å². The number of anilines is 2. The van der Waals surface area contributed by atoms with Gasteiger partial charge in [-0.1, -0.05) is 17.8 Å². The first-order valence-electron chi connectivity index (χ1n) is 8.22. The normalized spacial score (nSPS) is 14.7. The van der Waals surface area contributed by atoms with Crippen LogP contribution < -0.4 is 10.2 Å². The summed E-state index contributed by atoms with van der Waals surface area (Å²) in [7, 11) is 0. The number of aryl methyl sites for hydroxylation is 1. The maximum atomic E-state index is 12.4. The van der Waals surface area contributed by atoms with Gasteiger partial charge in [-0.05, 0) is 55.1 Å². The Morgan fingerprint density at radius 3 is 2.79 bits per heavy atom. The molecule has 126 valence electrons. The molecule has 0 saturated carbocycles. The van der Waals surface area contributed by atoms with Crippen LogP contribution >= 0.6 is 11.5 Å². The molecule has 2 heterocycles. The van der Waals surface area contributed by atoms with E-state index in [1.165, 1.54) is 0 Å². The van der Waals surface area contributed by atoms with Gasteiger partial charge in [0.1, 0.15) is 4.88 Å². The highest BCUT2D eigenvalue weighted by atomic mass is 32.1. The summed E-state index contributed by atoms with van der Waals surface area (Å²) in [5.41, 5.74) is 2.32. The molecule has 1 saturated heterocycles. The van der Waals surface area contributed by atoms with Gasteiger partial charge in [0.25, 0.3) is 5.91 Å². The van der Waals surface area contributed by atoms with E-state index in [0.29, 0.717) is 17.0 Å². The van der Waals surface area contributed by atoms with Crippen LogP contribution in [0.25, 0.3) is 0 Å². The van der Waals surface area contributed by atoms with Crippen molar-refractivity contribution in [2.24, 2.45) is 0 Å². The number of nitrogens with zero attached hydrogens (tertiary/aromatic N) is 3. The summed E-state index contributed by atoms with van der Waals surface area (Å²) in [6, 6.07) is 7.39. The monoisotopic (exact) mass is 344 g/mol. The minimum absolute atomic E-state index is 0.165. The maximum Gasteiger partial charge on any atom is 0.269 e. The van der Waals surface area contributed by atoms with Gasteiger partial charge in [-0.2, -0.15) is 0 Å². The molecule has 0 spiro atoms. The third kappa shape index (κ3) is 3.62. The Morgan fingerprint density at radius 2 is 2.08 bits per heavy atom. The molecule has 0 radical (unpaired) electrons. The van der Waals surface area contributed by atoms with Crippen molar-refractivity contribution in [3.63, 3.8) is 0 Å². The van der Waals surface area contributed by atoms with E-state index in [2.05, 4.69) is 14.9 Å². The largest absolute Gasteiger partial charge is 0.321 e. The molecular weight excluding hydrogens is 324 g/mol. The number of carbonyl (C=O) groups excluding carboxylic acids is 2. The van der Waals surface area contributed by atoms with E-state index in [1.54, 1.807) is 0 Å². The van der Waals surface area contributed by atoms with Gasteiger partial charge in [0, 0.05) is 24.3 Å². The Bertz CT molecular complexity index is 726. The van der Waals surface area contributed by atoms with Crippen LogP contribution in [-0.4, -0.2) is 27.9 Å². The molecule has 1 fully saturated rings. The second-order valence-corrected chi connectivity index (χ2v) is 6.56.